The second-order valence-electron chi connectivity index (χ2n) is 13.3. The number of benzene rings is 8. The van der Waals surface area contributed by atoms with Crippen molar-refractivity contribution in [2.75, 3.05) is 0 Å². The lowest BCUT2D eigenvalue weighted by molar-refractivity contribution is 1.18. The Morgan fingerprint density at radius 1 is 0.333 bits per heavy atom. The van der Waals surface area contributed by atoms with Crippen LogP contribution in [0.25, 0.3) is 97.4 Å². The van der Waals surface area contributed by atoms with Gasteiger partial charge in [0.15, 0.2) is 0 Å². The lowest BCUT2D eigenvalue weighted by atomic mass is 9.98. The van der Waals surface area contributed by atoms with Crippen molar-refractivity contribution < 1.29 is 0 Å². The van der Waals surface area contributed by atoms with Gasteiger partial charge >= 0.3 is 0 Å². The molecule has 0 amide bonds. The SMILES string of the molecule is c1ccc(-c2cc(-n3c4ccccc4c4ccc(-c5cccc6c5c5ccccc5n6-c5ccccc5)cc43)cc3c2sc2ccccc23)cc1. The maximum Gasteiger partial charge on any atom is 0.0547 e. The number of hydrogen-bond acceptors (Lipinski definition) is 1. The van der Waals surface area contributed by atoms with E-state index in [9.17, 15) is 0 Å². The smallest absolute Gasteiger partial charge is 0.0547 e. The standard InChI is InChI=1S/C48H30N2S/c1-3-14-31(15-4-1)40-29-34(30-41-38-19-9-12-25-46(38)51-48(40)41)50-42-22-10-7-18-36(42)37-27-26-32(28-45(37)50)35-21-13-24-44-47(35)39-20-8-11-23-43(39)49(44)33-16-5-2-6-17-33/h1-30H. The van der Waals surface area contributed by atoms with Crippen LogP contribution in [0.5, 0.6) is 0 Å². The third-order valence-electron chi connectivity index (χ3n) is 10.5. The Labute approximate surface area is 298 Å². The van der Waals surface area contributed by atoms with Crippen LogP contribution in [0.15, 0.2) is 182 Å². The van der Waals surface area contributed by atoms with E-state index >= 15 is 0 Å². The molecule has 3 heterocycles. The molecule has 0 N–H and O–H groups in total. The molecular weight excluding hydrogens is 637 g/mol. The lowest BCUT2D eigenvalue weighted by Crippen LogP contribution is -1.95. The van der Waals surface area contributed by atoms with E-state index in [0.29, 0.717) is 0 Å². The molecule has 0 saturated carbocycles. The van der Waals surface area contributed by atoms with E-state index in [1.165, 1.54) is 97.4 Å². The first kappa shape index (κ1) is 28.4. The lowest BCUT2D eigenvalue weighted by Gasteiger charge is -2.13. The third-order valence-corrected chi connectivity index (χ3v) is 11.7. The highest BCUT2D eigenvalue weighted by Crippen LogP contribution is 2.44. The van der Waals surface area contributed by atoms with Crippen LogP contribution >= 0.6 is 11.3 Å². The Morgan fingerprint density at radius 3 is 1.78 bits per heavy atom. The first-order valence-electron chi connectivity index (χ1n) is 17.4. The van der Waals surface area contributed by atoms with Crippen LogP contribution in [-0.2, 0) is 0 Å². The van der Waals surface area contributed by atoms with Gasteiger partial charge in [-0.1, -0.05) is 127 Å². The topological polar surface area (TPSA) is 9.86 Å². The van der Waals surface area contributed by atoms with Gasteiger partial charge in [-0.3, -0.25) is 0 Å². The molecule has 3 heteroatoms. The summed E-state index contributed by atoms with van der Waals surface area (Å²) in [6.07, 6.45) is 0. The highest BCUT2D eigenvalue weighted by atomic mass is 32.1. The summed E-state index contributed by atoms with van der Waals surface area (Å²) in [5.74, 6) is 0. The van der Waals surface area contributed by atoms with Crippen LogP contribution in [0.1, 0.15) is 0 Å². The minimum absolute atomic E-state index is 1.17. The second kappa shape index (κ2) is 11.0. The number of rotatable bonds is 4. The third kappa shape index (κ3) is 4.22. The Balaban J connectivity index is 1.22. The van der Waals surface area contributed by atoms with Crippen molar-refractivity contribution in [1.82, 2.24) is 9.13 Å². The van der Waals surface area contributed by atoms with Gasteiger partial charge in [-0.25, -0.2) is 0 Å². The van der Waals surface area contributed by atoms with Gasteiger partial charge < -0.3 is 9.13 Å². The van der Waals surface area contributed by atoms with Gasteiger partial charge in [-0.2, -0.15) is 0 Å². The molecular formula is C48H30N2S. The van der Waals surface area contributed by atoms with Crippen LogP contribution in [0, 0.1) is 0 Å². The van der Waals surface area contributed by atoms with Crippen LogP contribution < -0.4 is 0 Å². The molecule has 51 heavy (non-hydrogen) atoms. The van der Waals surface area contributed by atoms with Gasteiger partial charge in [0.25, 0.3) is 0 Å². The summed E-state index contributed by atoms with van der Waals surface area (Å²) < 4.78 is 7.53. The van der Waals surface area contributed by atoms with E-state index < -0.39 is 0 Å². The molecule has 2 nitrogen and oxygen atoms in total. The number of nitrogens with zero attached hydrogens (tertiary/aromatic N) is 2. The van der Waals surface area contributed by atoms with Crippen LogP contribution in [0.3, 0.4) is 0 Å². The first-order valence-corrected chi connectivity index (χ1v) is 18.3. The maximum absolute atomic E-state index is 2.49. The molecule has 238 valence electrons. The average molecular weight is 667 g/mol. The van der Waals surface area contributed by atoms with E-state index in [1.54, 1.807) is 0 Å². The Morgan fingerprint density at radius 2 is 0.961 bits per heavy atom. The summed E-state index contributed by atoms with van der Waals surface area (Å²) >= 11 is 1.89. The van der Waals surface area contributed by atoms with Gasteiger partial charge in [0.05, 0.1) is 22.1 Å². The van der Waals surface area contributed by atoms with E-state index in [4.69, 9.17) is 0 Å². The molecule has 0 unspecified atom stereocenters. The largest absolute Gasteiger partial charge is 0.309 e. The summed E-state index contributed by atoms with van der Waals surface area (Å²) in [4.78, 5) is 0. The Kier molecular flexibility index (Phi) is 6.16. The quantitative estimate of drug-likeness (QED) is 0.177. The van der Waals surface area contributed by atoms with Crippen molar-refractivity contribution in [2.24, 2.45) is 0 Å². The van der Waals surface area contributed by atoms with Gasteiger partial charge in [-0.05, 0) is 71.3 Å². The van der Waals surface area contributed by atoms with Gasteiger partial charge in [-0.15, -0.1) is 11.3 Å². The zero-order chi connectivity index (χ0) is 33.5. The van der Waals surface area contributed by atoms with Crippen molar-refractivity contribution in [2.45, 2.75) is 0 Å². The molecule has 0 bridgehead atoms. The van der Waals surface area contributed by atoms with Crippen molar-refractivity contribution >= 4 is 75.1 Å². The number of fused-ring (bicyclic) bond motifs is 9. The number of thiophene rings is 1. The maximum atomic E-state index is 2.49. The summed E-state index contributed by atoms with van der Waals surface area (Å²) in [5.41, 5.74) is 12.1. The fourth-order valence-electron chi connectivity index (χ4n) is 8.30. The zero-order valence-electron chi connectivity index (χ0n) is 27.6. The monoisotopic (exact) mass is 666 g/mol. The molecule has 0 aliphatic carbocycles. The molecule has 11 rings (SSSR count). The number of aromatic nitrogens is 2. The first-order chi connectivity index (χ1) is 25.3. The minimum Gasteiger partial charge on any atom is -0.309 e. The molecule has 0 spiro atoms. The zero-order valence-corrected chi connectivity index (χ0v) is 28.4. The van der Waals surface area contributed by atoms with E-state index in [2.05, 4.69) is 191 Å². The highest BCUT2D eigenvalue weighted by Gasteiger charge is 2.20. The van der Waals surface area contributed by atoms with Gasteiger partial charge in [0.1, 0.15) is 0 Å². The summed E-state index contributed by atoms with van der Waals surface area (Å²) in [7, 11) is 0. The predicted molar refractivity (Wildman–Crippen MR) is 219 cm³/mol. The summed E-state index contributed by atoms with van der Waals surface area (Å²) in [6.45, 7) is 0. The molecule has 8 aromatic carbocycles. The molecule has 3 aromatic heterocycles. The van der Waals surface area contributed by atoms with Gasteiger partial charge in [0, 0.05) is 58.7 Å². The van der Waals surface area contributed by atoms with Gasteiger partial charge in [0.2, 0.25) is 0 Å². The molecule has 11 aromatic rings. The van der Waals surface area contributed by atoms with E-state index in [-0.39, 0.29) is 0 Å². The summed E-state index contributed by atoms with van der Waals surface area (Å²) in [6, 6.07) is 66.6. The molecule has 0 aliphatic heterocycles. The summed E-state index contributed by atoms with van der Waals surface area (Å²) in [5, 5.41) is 7.65. The molecule has 0 saturated heterocycles. The number of hydrogen-bond donors (Lipinski definition) is 0. The molecule has 0 aliphatic rings. The fraction of sp³-hybridized carbons (Fsp3) is 0. The van der Waals surface area contributed by atoms with Crippen molar-refractivity contribution in [3.8, 4) is 33.6 Å². The van der Waals surface area contributed by atoms with E-state index in [1.807, 2.05) is 11.3 Å². The van der Waals surface area contributed by atoms with Crippen molar-refractivity contribution in [3.63, 3.8) is 0 Å². The predicted octanol–water partition coefficient (Wildman–Crippen LogP) is 13.6. The molecule has 0 radical (unpaired) electrons. The van der Waals surface area contributed by atoms with Crippen molar-refractivity contribution in [1.29, 1.82) is 0 Å². The second-order valence-corrected chi connectivity index (χ2v) is 14.4. The highest BCUT2D eigenvalue weighted by molar-refractivity contribution is 7.26. The normalized spacial score (nSPS) is 11.9. The average Bonchev–Trinajstić information content (AvgIpc) is 3.86. The molecule has 0 fully saturated rings. The molecule has 0 atom stereocenters. The van der Waals surface area contributed by atoms with Crippen LogP contribution in [-0.4, -0.2) is 9.13 Å². The van der Waals surface area contributed by atoms with E-state index in [0.717, 1.165) is 0 Å². The van der Waals surface area contributed by atoms with Crippen LogP contribution in [0.2, 0.25) is 0 Å². The Bertz CT molecular complexity index is 3130. The number of para-hydroxylation sites is 3. The van der Waals surface area contributed by atoms with Crippen molar-refractivity contribution in [3.05, 3.63) is 182 Å². The minimum atomic E-state index is 1.17. The fourth-order valence-corrected chi connectivity index (χ4v) is 9.52. The van der Waals surface area contributed by atoms with Crippen LogP contribution in [0.4, 0.5) is 0 Å². The Hall–Kier alpha value is -6.42.